The normalized spacial score (nSPS) is 25.6. The van der Waals surface area contributed by atoms with Crippen LogP contribution < -0.4 is 37.8 Å². The van der Waals surface area contributed by atoms with Gasteiger partial charge in [-0.1, -0.05) is 79.9 Å². The number of anilines is 2. The molecule has 0 spiro atoms. The average molecular weight is 490 g/mol. The molecule has 2 aliphatic rings. The summed E-state index contributed by atoms with van der Waals surface area (Å²) in [4.78, 5) is 25.0. The minimum atomic E-state index is -0.526. The Labute approximate surface area is 209 Å². The molecule has 2 fully saturated rings. The van der Waals surface area contributed by atoms with Gasteiger partial charge in [0.05, 0.1) is 0 Å². The first-order chi connectivity index (χ1) is 17.0. The first-order valence-corrected chi connectivity index (χ1v) is 14.5. The van der Waals surface area contributed by atoms with Crippen LogP contribution in [0.3, 0.4) is 0 Å². The first-order valence-electron chi connectivity index (χ1n) is 13.1. The molecule has 0 bridgehead atoms. The minimum absolute atomic E-state index is 0.0259. The summed E-state index contributed by atoms with van der Waals surface area (Å²) in [6.07, 6.45) is 7.63. The molecule has 0 radical (unpaired) electrons. The van der Waals surface area contributed by atoms with Crippen LogP contribution >= 0.6 is 7.92 Å². The molecule has 5 nitrogen and oxygen atoms in total. The summed E-state index contributed by atoms with van der Waals surface area (Å²) in [7, 11) is -0.526. The van der Waals surface area contributed by atoms with Gasteiger partial charge in [0, 0.05) is 18.1 Å². The Bertz CT molecular complexity index is 1150. The van der Waals surface area contributed by atoms with E-state index in [0.29, 0.717) is 23.0 Å². The molecule has 3 aromatic rings. The van der Waals surface area contributed by atoms with Gasteiger partial charge in [-0.05, 0) is 62.7 Å². The third kappa shape index (κ3) is 4.94. The number of nitrogens with one attached hydrogen (secondary N) is 2. The predicted molar refractivity (Wildman–Crippen MR) is 148 cm³/mol. The predicted octanol–water partition coefficient (Wildman–Crippen LogP) is 4.07. The maximum absolute atomic E-state index is 12.6. The molecule has 4 N–H and O–H groups in total. The zero-order chi connectivity index (χ0) is 24.4. The monoisotopic (exact) mass is 489 g/mol. The van der Waals surface area contributed by atoms with E-state index in [2.05, 4.69) is 78.2 Å². The largest absolute Gasteiger partial charge is 0.377 e. The van der Waals surface area contributed by atoms with Gasteiger partial charge in [0.1, 0.15) is 11.4 Å². The van der Waals surface area contributed by atoms with Crippen LogP contribution in [0.25, 0.3) is 0 Å². The van der Waals surface area contributed by atoms with Gasteiger partial charge >= 0.3 is 0 Å². The van der Waals surface area contributed by atoms with Crippen molar-refractivity contribution in [1.29, 1.82) is 0 Å². The Kier molecular flexibility index (Phi) is 7.36. The molecule has 0 aromatic heterocycles. The topological polar surface area (TPSA) is 84.2 Å². The Morgan fingerprint density at radius 1 is 0.800 bits per heavy atom. The number of hydrogen-bond donors (Lipinski definition) is 3. The lowest BCUT2D eigenvalue weighted by molar-refractivity contribution is 0.403. The molecule has 6 heteroatoms. The maximum Gasteiger partial charge on any atom is 0.253 e. The molecule has 184 valence electrons. The molecule has 0 aliphatic heterocycles. The van der Waals surface area contributed by atoms with Gasteiger partial charge in [0.2, 0.25) is 0 Å². The van der Waals surface area contributed by atoms with Gasteiger partial charge < -0.3 is 16.4 Å². The molecule has 2 aliphatic carbocycles. The van der Waals surface area contributed by atoms with Crippen molar-refractivity contribution in [2.24, 2.45) is 11.7 Å². The number of rotatable bonds is 8. The summed E-state index contributed by atoms with van der Waals surface area (Å²) in [5.74, 6) is 0.427. The van der Waals surface area contributed by atoms with Crippen LogP contribution in [0.1, 0.15) is 51.9 Å². The highest BCUT2D eigenvalue weighted by molar-refractivity contribution is 7.73. The molecule has 2 saturated carbocycles. The highest BCUT2D eigenvalue weighted by atomic mass is 31.1. The van der Waals surface area contributed by atoms with Crippen LogP contribution in [0.5, 0.6) is 0 Å². The van der Waals surface area contributed by atoms with Crippen molar-refractivity contribution in [1.82, 2.24) is 0 Å². The second-order valence-corrected chi connectivity index (χ2v) is 12.7. The standard InChI is InChI=1S/C29H36N3O2P/c1-19(31-26-27(29(34)28(26)33)32-24-17-9-8-16-23(24)30)22-15-10-18-25(22)35(20-11-4-2-5-12-20)21-13-6-3-7-14-21/h2-7,11-14,19,22-25,31-32H,8-10,15-18,30H2,1H3/t19-,22+,23+,24+,25?/m1/s1. The SMILES string of the molecule is C[C@@H](Nc1c(N[C@H]2CCCC[C@@H]2N)c(=O)c1=O)[C@@H]1CCCC1P(c1ccccc1)c1ccccc1. The van der Waals surface area contributed by atoms with E-state index in [9.17, 15) is 9.59 Å². The van der Waals surface area contributed by atoms with Crippen LogP contribution in [0.15, 0.2) is 70.3 Å². The first kappa shape index (κ1) is 24.2. The Hall–Kier alpha value is -2.49. The van der Waals surface area contributed by atoms with E-state index in [-0.39, 0.29) is 18.1 Å². The fraction of sp³-hybridized carbons (Fsp3) is 0.448. The fourth-order valence-corrected chi connectivity index (χ4v) is 9.39. The van der Waals surface area contributed by atoms with Gasteiger partial charge in [-0.25, -0.2) is 0 Å². The molecule has 35 heavy (non-hydrogen) atoms. The summed E-state index contributed by atoms with van der Waals surface area (Å²) in [5, 5.41) is 9.65. The van der Waals surface area contributed by atoms with Crippen molar-refractivity contribution in [3.05, 3.63) is 81.1 Å². The molecule has 5 atom stereocenters. The van der Waals surface area contributed by atoms with Gasteiger partial charge in [-0.15, -0.1) is 0 Å². The fourth-order valence-electron chi connectivity index (χ4n) is 6.11. The molecule has 0 amide bonds. The van der Waals surface area contributed by atoms with Gasteiger partial charge in [0.25, 0.3) is 10.9 Å². The molecule has 3 aromatic carbocycles. The van der Waals surface area contributed by atoms with Crippen molar-refractivity contribution in [2.45, 2.75) is 75.7 Å². The molecular formula is C29H36N3O2P. The highest BCUT2D eigenvalue weighted by Gasteiger charge is 2.39. The van der Waals surface area contributed by atoms with Crippen molar-refractivity contribution >= 4 is 29.9 Å². The van der Waals surface area contributed by atoms with Crippen LogP contribution in [0.2, 0.25) is 0 Å². The van der Waals surface area contributed by atoms with Crippen molar-refractivity contribution in [2.75, 3.05) is 10.6 Å². The van der Waals surface area contributed by atoms with E-state index in [1.54, 1.807) is 0 Å². The summed E-state index contributed by atoms with van der Waals surface area (Å²) < 4.78 is 0. The summed E-state index contributed by atoms with van der Waals surface area (Å²) in [5.41, 5.74) is 6.93. The molecule has 0 saturated heterocycles. The van der Waals surface area contributed by atoms with Crippen LogP contribution in [-0.2, 0) is 0 Å². The van der Waals surface area contributed by atoms with Crippen molar-refractivity contribution in [3.63, 3.8) is 0 Å². The highest BCUT2D eigenvalue weighted by Crippen LogP contribution is 2.51. The average Bonchev–Trinajstić information content (AvgIpc) is 3.37. The van der Waals surface area contributed by atoms with Gasteiger partial charge in [-0.3, -0.25) is 9.59 Å². The quantitative estimate of drug-likeness (QED) is 0.328. The van der Waals surface area contributed by atoms with E-state index in [1.807, 2.05) is 0 Å². The Morgan fingerprint density at radius 3 is 2.03 bits per heavy atom. The number of hydrogen-bond acceptors (Lipinski definition) is 5. The van der Waals surface area contributed by atoms with E-state index in [0.717, 1.165) is 32.1 Å². The van der Waals surface area contributed by atoms with Crippen LogP contribution in [-0.4, -0.2) is 23.8 Å². The third-order valence-corrected chi connectivity index (χ3v) is 11.0. The Balaban J connectivity index is 1.37. The van der Waals surface area contributed by atoms with E-state index in [1.165, 1.54) is 23.5 Å². The maximum atomic E-state index is 12.6. The zero-order valence-electron chi connectivity index (χ0n) is 20.5. The van der Waals surface area contributed by atoms with E-state index in [4.69, 9.17) is 5.73 Å². The Morgan fingerprint density at radius 2 is 1.40 bits per heavy atom. The van der Waals surface area contributed by atoms with E-state index >= 15 is 0 Å². The lowest BCUT2D eigenvalue weighted by Crippen LogP contribution is -2.48. The molecule has 1 unspecified atom stereocenters. The van der Waals surface area contributed by atoms with Crippen LogP contribution in [0, 0.1) is 5.92 Å². The second kappa shape index (κ2) is 10.6. The van der Waals surface area contributed by atoms with Crippen molar-refractivity contribution in [3.8, 4) is 0 Å². The summed E-state index contributed by atoms with van der Waals surface area (Å²) in [6.45, 7) is 2.18. The molecular weight excluding hydrogens is 453 g/mol. The summed E-state index contributed by atoms with van der Waals surface area (Å²) in [6, 6.07) is 21.9. The van der Waals surface area contributed by atoms with Crippen LogP contribution in [0.4, 0.5) is 11.4 Å². The van der Waals surface area contributed by atoms with Crippen molar-refractivity contribution < 1.29 is 0 Å². The second-order valence-electron chi connectivity index (χ2n) is 10.2. The lowest BCUT2D eigenvalue weighted by atomic mass is 9.90. The van der Waals surface area contributed by atoms with Gasteiger partial charge in [0.15, 0.2) is 0 Å². The molecule has 0 heterocycles. The minimum Gasteiger partial charge on any atom is -0.377 e. The third-order valence-electron chi connectivity index (χ3n) is 8.01. The lowest BCUT2D eigenvalue weighted by Gasteiger charge is -2.35. The van der Waals surface area contributed by atoms with E-state index < -0.39 is 18.8 Å². The number of nitrogens with two attached hydrogens (primary N) is 1. The zero-order valence-corrected chi connectivity index (χ0v) is 21.3. The molecule has 5 rings (SSSR count). The van der Waals surface area contributed by atoms with Gasteiger partial charge in [-0.2, -0.15) is 0 Å². The number of benzene rings is 2. The smallest absolute Gasteiger partial charge is 0.253 e. The summed E-state index contributed by atoms with van der Waals surface area (Å²) >= 11 is 0.